The molecule has 1 amide bonds. The standard InChI is InChI=1S/C13H17FN2O4S/c14-12-8-10(21(15,18)19)3-4-11(12)13(17)16-6-5-9-2-1-7-20-9/h3-4,8-9H,1-2,5-7H2,(H,16,17)(H2,15,18,19). The molecule has 0 saturated carbocycles. The number of hydrogen-bond donors (Lipinski definition) is 2. The molecule has 0 aromatic heterocycles. The molecule has 1 atom stereocenters. The van der Waals surface area contributed by atoms with Gasteiger partial charge in [0.15, 0.2) is 0 Å². The molecule has 8 heteroatoms. The van der Waals surface area contributed by atoms with Crippen LogP contribution in [0, 0.1) is 5.82 Å². The van der Waals surface area contributed by atoms with Gasteiger partial charge in [0.2, 0.25) is 10.0 Å². The van der Waals surface area contributed by atoms with Gasteiger partial charge in [0.05, 0.1) is 16.6 Å². The minimum Gasteiger partial charge on any atom is -0.378 e. The Morgan fingerprint density at radius 2 is 2.24 bits per heavy atom. The molecule has 1 saturated heterocycles. The van der Waals surface area contributed by atoms with Gasteiger partial charge >= 0.3 is 0 Å². The Morgan fingerprint density at radius 3 is 2.81 bits per heavy atom. The van der Waals surface area contributed by atoms with Crippen molar-refractivity contribution in [2.75, 3.05) is 13.2 Å². The summed E-state index contributed by atoms with van der Waals surface area (Å²) in [6, 6.07) is 2.95. The Bertz CT molecular complexity index is 627. The number of ether oxygens (including phenoxy) is 1. The average molecular weight is 316 g/mol. The lowest BCUT2D eigenvalue weighted by Crippen LogP contribution is -2.28. The number of rotatable bonds is 5. The van der Waals surface area contributed by atoms with Crippen LogP contribution in [0.3, 0.4) is 0 Å². The van der Waals surface area contributed by atoms with E-state index in [-0.39, 0.29) is 16.6 Å². The molecule has 0 spiro atoms. The minimum absolute atomic E-state index is 0.139. The van der Waals surface area contributed by atoms with E-state index in [1.807, 2.05) is 0 Å². The van der Waals surface area contributed by atoms with Crippen LogP contribution in [0.4, 0.5) is 4.39 Å². The number of nitrogens with one attached hydrogen (secondary N) is 1. The van der Waals surface area contributed by atoms with Gasteiger partial charge in [-0.2, -0.15) is 0 Å². The normalized spacial score (nSPS) is 18.7. The largest absolute Gasteiger partial charge is 0.378 e. The van der Waals surface area contributed by atoms with Crippen LogP contribution in [-0.2, 0) is 14.8 Å². The highest BCUT2D eigenvalue weighted by molar-refractivity contribution is 7.89. The number of primary sulfonamides is 1. The van der Waals surface area contributed by atoms with Crippen molar-refractivity contribution in [3.05, 3.63) is 29.6 Å². The third-order valence-electron chi connectivity index (χ3n) is 3.29. The van der Waals surface area contributed by atoms with Crippen LogP contribution in [-0.4, -0.2) is 33.6 Å². The molecular formula is C13H17FN2O4S. The molecule has 0 aliphatic carbocycles. The summed E-state index contributed by atoms with van der Waals surface area (Å²) in [4.78, 5) is 11.5. The number of carbonyl (C=O) groups excluding carboxylic acids is 1. The Kier molecular flexibility index (Phi) is 4.92. The monoisotopic (exact) mass is 316 g/mol. The van der Waals surface area contributed by atoms with Crippen LogP contribution in [0.25, 0.3) is 0 Å². The van der Waals surface area contributed by atoms with E-state index in [2.05, 4.69) is 5.32 Å². The SMILES string of the molecule is NS(=O)(=O)c1ccc(C(=O)NCCC2CCCO2)c(F)c1. The molecule has 1 aromatic carbocycles. The molecule has 1 fully saturated rings. The molecule has 0 radical (unpaired) electrons. The Labute approximate surface area is 122 Å². The van der Waals surface area contributed by atoms with E-state index in [9.17, 15) is 17.6 Å². The smallest absolute Gasteiger partial charge is 0.254 e. The molecule has 116 valence electrons. The zero-order chi connectivity index (χ0) is 15.5. The second kappa shape index (κ2) is 6.50. The number of benzene rings is 1. The van der Waals surface area contributed by atoms with Gasteiger partial charge in [-0.1, -0.05) is 0 Å². The molecule has 21 heavy (non-hydrogen) atoms. The van der Waals surface area contributed by atoms with Gasteiger partial charge in [0.25, 0.3) is 5.91 Å². The molecule has 6 nitrogen and oxygen atoms in total. The maximum absolute atomic E-state index is 13.8. The zero-order valence-electron chi connectivity index (χ0n) is 11.3. The van der Waals surface area contributed by atoms with Crippen LogP contribution in [0.1, 0.15) is 29.6 Å². The van der Waals surface area contributed by atoms with E-state index in [0.29, 0.717) is 13.0 Å². The molecule has 1 heterocycles. The summed E-state index contributed by atoms with van der Waals surface area (Å²) < 4.78 is 41.3. The fourth-order valence-corrected chi connectivity index (χ4v) is 2.70. The molecular weight excluding hydrogens is 299 g/mol. The fourth-order valence-electron chi connectivity index (χ4n) is 2.17. The second-order valence-electron chi connectivity index (χ2n) is 4.87. The Balaban J connectivity index is 1.95. The lowest BCUT2D eigenvalue weighted by atomic mass is 10.1. The van der Waals surface area contributed by atoms with Crippen LogP contribution in [0.5, 0.6) is 0 Å². The zero-order valence-corrected chi connectivity index (χ0v) is 12.2. The first-order valence-electron chi connectivity index (χ1n) is 6.60. The highest BCUT2D eigenvalue weighted by Gasteiger charge is 2.18. The lowest BCUT2D eigenvalue weighted by molar-refractivity contribution is 0.0904. The molecule has 1 aromatic rings. The van der Waals surface area contributed by atoms with Crippen molar-refractivity contribution in [3.8, 4) is 0 Å². The lowest BCUT2D eigenvalue weighted by Gasteiger charge is -2.10. The van der Waals surface area contributed by atoms with Crippen molar-refractivity contribution in [1.82, 2.24) is 5.32 Å². The molecule has 1 aliphatic rings. The van der Waals surface area contributed by atoms with Crippen molar-refractivity contribution in [1.29, 1.82) is 0 Å². The topological polar surface area (TPSA) is 98.5 Å². The second-order valence-corrected chi connectivity index (χ2v) is 6.43. The number of hydrogen-bond acceptors (Lipinski definition) is 4. The van der Waals surface area contributed by atoms with E-state index in [4.69, 9.17) is 9.88 Å². The number of amides is 1. The summed E-state index contributed by atoms with van der Waals surface area (Å²) in [7, 11) is -3.98. The third kappa shape index (κ3) is 4.23. The highest BCUT2D eigenvalue weighted by atomic mass is 32.2. The number of carbonyl (C=O) groups is 1. The molecule has 0 bridgehead atoms. The Morgan fingerprint density at radius 1 is 1.48 bits per heavy atom. The first-order chi connectivity index (χ1) is 9.88. The van der Waals surface area contributed by atoms with Crippen molar-refractivity contribution < 1.29 is 22.3 Å². The highest BCUT2D eigenvalue weighted by Crippen LogP contribution is 2.15. The van der Waals surface area contributed by atoms with Crippen LogP contribution in [0.2, 0.25) is 0 Å². The van der Waals surface area contributed by atoms with E-state index < -0.39 is 21.7 Å². The van der Waals surface area contributed by atoms with Gasteiger partial charge in [-0.25, -0.2) is 17.9 Å². The minimum atomic E-state index is -3.98. The first-order valence-corrected chi connectivity index (χ1v) is 8.15. The van der Waals surface area contributed by atoms with Gasteiger partial charge in [-0.15, -0.1) is 0 Å². The van der Waals surface area contributed by atoms with E-state index in [1.54, 1.807) is 0 Å². The van der Waals surface area contributed by atoms with Gasteiger partial charge in [0.1, 0.15) is 5.82 Å². The third-order valence-corrected chi connectivity index (χ3v) is 4.20. The van der Waals surface area contributed by atoms with E-state index in [1.165, 1.54) is 0 Å². The van der Waals surface area contributed by atoms with Crippen LogP contribution in [0.15, 0.2) is 23.1 Å². The number of nitrogens with two attached hydrogens (primary N) is 1. The van der Waals surface area contributed by atoms with Crippen molar-refractivity contribution in [2.45, 2.75) is 30.3 Å². The maximum Gasteiger partial charge on any atom is 0.254 e. The molecule has 1 aliphatic heterocycles. The van der Waals surface area contributed by atoms with Gasteiger partial charge in [-0.05, 0) is 37.5 Å². The van der Waals surface area contributed by atoms with Crippen LogP contribution < -0.4 is 10.5 Å². The predicted molar refractivity (Wildman–Crippen MR) is 73.7 cm³/mol. The fraction of sp³-hybridized carbons (Fsp3) is 0.462. The summed E-state index contributed by atoms with van der Waals surface area (Å²) in [6.07, 6.45) is 2.79. The first kappa shape index (κ1) is 15.9. The molecule has 1 unspecified atom stereocenters. The quantitative estimate of drug-likeness (QED) is 0.838. The number of sulfonamides is 1. The van der Waals surface area contributed by atoms with Gasteiger partial charge in [0, 0.05) is 13.2 Å². The molecule has 3 N–H and O–H groups in total. The predicted octanol–water partition coefficient (Wildman–Crippen LogP) is 0.772. The van der Waals surface area contributed by atoms with E-state index >= 15 is 0 Å². The summed E-state index contributed by atoms with van der Waals surface area (Å²) >= 11 is 0. The molecule has 2 rings (SSSR count). The number of halogens is 1. The van der Waals surface area contributed by atoms with Crippen molar-refractivity contribution >= 4 is 15.9 Å². The van der Waals surface area contributed by atoms with Crippen LogP contribution >= 0.6 is 0 Å². The van der Waals surface area contributed by atoms with Gasteiger partial charge < -0.3 is 10.1 Å². The summed E-state index contributed by atoms with van der Waals surface area (Å²) in [5.74, 6) is -1.51. The van der Waals surface area contributed by atoms with E-state index in [0.717, 1.165) is 37.6 Å². The Hall–Kier alpha value is -1.51. The van der Waals surface area contributed by atoms with Crippen molar-refractivity contribution in [3.63, 3.8) is 0 Å². The van der Waals surface area contributed by atoms with Gasteiger partial charge in [-0.3, -0.25) is 4.79 Å². The summed E-state index contributed by atoms with van der Waals surface area (Å²) in [5.41, 5.74) is -0.213. The van der Waals surface area contributed by atoms with Crippen molar-refractivity contribution in [2.24, 2.45) is 5.14 Å². The summed E-state index contributed by atoms with van der Waals surface area (Å²) in [6.45, 7) is 1.11. The maximum atomic E-state index is 13.8. The summed E-state index contributed by atoms with van der Waals surface area (Å²) in [5, 5.41) is 7.48. The average Bonchev–Trinajstić information content (AvgIpc) is 2.90.